The van der Waals surface area contributed by atoms with E-state index in [1.54, 1.807) is 0 Å². The zero-order valence-corrected chi connectivity index (χ0v) is 11.5. The third kappa shape index (κ3) is 5.84. The summed E-state index contributed by atoms with van der Waals surface area (Å²) < 4.78 is 5.87. The highest BCUT2D eigenvalue weighted by Gasteiger charge is 2.24. The fourth-order valence-corrected chi connectivity index (χ4v) is 2.46. The molecule has 0 bridgehead atoms. The van der Waals surface area contributed by atoms with Crippen LogP contribution in [0.1, 0.15) is 58.8 Å². The number of unbranched alkanes of at least 4 members (excludes halogenated alkanes) is 3. The van der Waals surface area contributed by atoms with Gasteiger partial charge in [0.15, 0.2) is 0 Å². The van der Waals surface area contributed by atoms with Crippen molar-refractivity contribution in [2.75, 3.05) is 19.7 Å². The average Bonchev–Trinajstić information content (AvgIpc) is 2.34. The van der Waals surface area contributed by atoms with Crippen molar-refractivity contribution < 1.29 is 9.84 Å². The number of piperidine rings is 1. The molecule has 2 unspecified atom stereocenters. The lowest BCUT2D eigenvalue weighted by atomic mass is 10.1. The van der Waals surface area contributed by atoms with Crippen LogP contribution in [0.5, 0.6) is 0 Å². The fraction of sp³-hybridized carbons (Fsp3) is 1.00. The minimum Gasteiger partial charge on any atom is -0.389 e. The Morgan fingerprint density at radius 3 is 2.41 bits per heavy atom. The standard InChI is InChI=1S/C14H29NO2/c1-3-4-5-9-12-17-14(13(2)16)15-10-7-6-8-11-15/h13-14,16H,3-12H2,1-2H3. The number of ether oxygens (including phenoxy) is 1. The Kier molecular flexibility index (Phi) is 7.82. The summed E-state index contributed by atoms with van der Waals surface area (Å²) in [4.78, 5) is 2.30. The van der Waals surface area contributed by atoms with Crippen LogP contribution in [-0.4, -0.2) is 42.0 Å². The van der Waals surface area contributed by atoms with Crippen molar-refractivity contribution in [1.82, 2.24) is 4.90 Å². The molecule has 1 aliphatic rings. The zero-order chi connectivity index (χ0) is 12.5. The van der Waals surface area contributed by atoms with Crippen LogP contribution in [0.15, 0.2) is 0 Å². The third-order valence-electron chi connectivity index (χ3n) is 3.45. The predicted octanol–water partition coefficient (Wildman–Crippen LogP) is 2.78. The Bertz CT molecular complexity index is 179. The van der Waals surface area contributed by atoms with E-state index in [0.29, 0.717) is 0 Å². The van der Waals surface area contributed by atoms with Gasteiger partial charge in [0.2, 0.25) is 0 Å². The molecule has 3 nitrogen and oxygen atoms in total. The van der Waals surface area contributed by atoms with Crippen molar-refractivity contribution in [3.8, 4) is 0 Å². The van der Waals surface area contributed by atoms with Crippen LogP contribution < -0.4 is 0 Å². The SMILES string of the molecule is CCCCCCOC(C(C)O)N1CCCCC1. The van der Waals surface area contributed by atoms with Crippen molar-refractivity contribution >= 4 is 0 Å². The molecule has 0 radical (unpaired) electrons. The largest absolute Gasteiger partial charge is 0.389 e. The second-order valence-electron chi connectivity index (χ2n) is 5.16. The minimum absolute atomic E-state index is 0.0862. The first-order chi connectivity index (χ1) is 8.25. The molecule has 0 amide bonds. The predicted molar refractivity (Wildman–Crippen MR) is 71.0 cm³/mol. The highest BCUT2D eigenvalue weighted by molar-refractivity contribution is 4.72. The van der Waals surface area contributed by atoms with Gasteiger partial charge in [0.05, 0.1) is 6.10 Å². The Hall–Kier alpha value is -0.120. The van der Waals surface area contributed by atoms with E-state index in [2.05, 4.69) is 11.8 Å². The molecular weight excluding hydrogens is 214 g/mol. The molecule has 0 aliphatic carbocycles. The second kappa shape index (κ2) is 8.90. The molecule has 3 heteroatoms. The highest BCUT2D eigenvalue weighted by atomic mass is 16.5. The van der Waals surface area contributed by atoms with Gasteiger partial charge in [0.25, 0.3) is 0 Å². The molecule has 0 saturated carbocycles. The van der Waals surface area contributed by atoms with E-state index in [4.69, 9.17) is 4.74 Å². The molecule has 1 fully saturated rings. The Morgan fingerprint density at radius 1 is 1.12 bits per heavy atom. The maximum Gasteiger partial charge on any atom is 0.136 e. The number of likely N-dealkylation sites (tertiary alicyclic amines) is 1. The van der Waals surface area contributed by atoms with Gasteiger partial charge in [-0.05, 0) is 26.2 Å². The van der Waals surface area contributed by atoms with E-state index in [9.17, 15) is 5.11 Å². The number of hydrogen-bond donors (Lipinski definition) is 1. The maximum atomic E-state index is 9.80. The van der Waals surface area contributed by atoms with Crippen molar-refractivity contribution in [3.63, 3.8) is 0 Å². The lowest BCUT2D eigenvalue weighted by molar-refractivity contribution is -0.125. The summed E-state index contributed by atoms with van der Waals surface area (Å²) in [5.74, 6) is 0. The lowest BCUT2D eigenvalue weighted by Gasteiger charge is -2.35. The molecular formula is C14H29NO2. The van der Waals surface area contributed by atoms with Gasteiger partial charge in [-0.2, -0.15) is 0 Å². The molecule has 0 aromatic carbocycles. The quantitative estimate of drug-likeness (QED) is 0.665. The van der Waals surface area contributed by atoms with Gasteiger partial charge in [-0.1, -0.05) is 32.6 Å². The van der Waals surface area contributed by atoms with Crippen LogP contribution >= 0.6 is 0 Å². The molecule has 1 heterocycles. The van der Waals surface area contributed by atoms with Crippen molar-refractivity contribution in [3.05, 3.63) is 0 Å². The normalized spacial score (nSPS) is 21.4. The molecule has 1 N–H and O–H groups in total. The molecule has 1 rings (SSSR count). The van der Waals surface area contributed by atoms with Gasteiger partial charge in [-0.15, -0.1) is 0 Å². The van der Waals surface area contributed by atoms with E-state index < -0.39 is 0 Å². The van der Waals surface area contributed by atoms with Gasteiger partial charge < -0.3 is 9.84 Å². The number of hydrogen-bond acceptors (Lipinski definition) is 3. The Morgan fingerprint density at radius 2 is 1.82 bits per heavy atom. The Labute approximate surface area is 106 Å². The van der Waals surface area contributed by atoms with E-state index in [1.807, 2.05) is 6.92 Å². The van der Waals surface area contributed by atoms with Gasteiger partial charge in [-0.3, -0.25) is 4.90 Å². The number of aliphatic hydroxyl groups is 1. The summed E-state index contributed by atoms with van der Waals surface area (Å²) in [5, 5.41) is 9.80. The molecule has 17 heavy (non-hydrogen) atoms. The summed E-state index contributed by atoms with van der Waals surface area (Å²) >= 11 is 0. The first kappa shape index (κ1) is 14.9. The number of aliphatic hydroxyl groups excluding tert-OH is 1. The second-order valence-corrected chi connectivity index (χ2v) is 5.16. The van der Waals surface area contributed by atoms with Gasteiger partial charge in [-0.25, -0.2) is 0 Å². The van der Waals surface area contributed by atoms with Crippen molar-refractivity contribution in [2.24, 2.45) is 0 Å². The van der Waals surface area contributed by atoms with Crippen molar-refractivity contribution in [2.45, 2.75) is 71.1 Å². The number of nitrogens with zero attached hydrogens (tertiary/aromatic N) is 1. The van der Waals surface area contributed by atoms with Crippen LogP contribution in [0.2, 0.25) is 0 Å². The fourth-order valence-electron chi connectivity index (χ4n) is 2.46. The summed E-state index contributed by atoms with van der Waals surface area (Å²) in [6.45, 7) is 6.99. The third-order valence-corrected chi connectivity index (χ3v) is 3.45. The van der Waals surface area contributed by atoms with Crippen molar-refractivity contribution in [1.29, 1.82) is 0 Å². The van der Waals surface area contributed by atoms with Crippen LogP contribution in [-0.2, 0) is 4.74 Å². The molecule has 1 aliphatic heterocycles. The van der Waals surface area contributed by atoms with E-state index in [0.717, 1.165) is 26.1 Å². The topological polar surface area (TPSA) is 32.7 Å². The minimum atomic E-state index is -0.390. The van der Waals surface area contributed by atoms with E-state index in [1.165, 1.54) is 38.5 Å². The van der Waals surface area contributed by atoms with E-state index in [-0.39, 0.29) is 12.3 Å². The summed E-state index contributed by atoms with van der Waals surface area (Å²) in [6, 6.07) is 0. The summed E-state index contributed by atoms with van der Waals surface area (Å²) in [7, 11) is 0. The molecule has 2 atom stereocenters. The Balaban J connectivity index is 2.22. The average molecular weight is 243 g/mol. The van der Waals surface area contributed by atoms with Gasteiger partial charge in [0.1, 0.15) is 6.23 Å². The van der Waals surface area contributed by atoms with Gasteiger partial charge in [0, 0.05) is 19.7 Å². The highest BCUT2D eigenvalue weighted by Crippen LogP contribution is 2.16. The smallest absolute Gasteiger partial charge is 0.136 e. The molecule has 0 aromatic heterocycles. The van der Waals surface area contributed by atoms with Crippen LogP contribution in [0.4, 0.5) is 0 Å². The van der Waals surface area contributed by atoms with E-state index >= 15 is 0 Å². The lowest BCUT2D eigenvalue weighted by Crippen LogP contribution is -2.47. The number of rotatable bonds is 8. The van der Waals surface area contributed by atoms with Gasteiger partial charge >= 0.3 is 0 Å². The molecule has 102 valence electrons. The maximum absolute atomic E-state index is 9.80. The zero-order valence-electron chi connectivity index (χ0n) is 11.5. The summed E-state index contributed by atoms with van der Waals surface area (Å²) in [6.07, 6.45) is 8.22. The van der Waals surface area contributed by atoms with Crippen LogP contribution in [0, 0.1) is 0 Å². The van der Waals surface area contributed by atoms with Crippen LogP contribution in [0.25, 0.3) is 0 Å². The summed E-state index contributed by atoms with van der Waals surface area (Å²) in [5.41, 5.74) is 0. The molecule has 0 spiro atoms. The first-order valence-corrected chi connectivity index (χ1v) is 7.29. The molecule has 0 aromatic rings. The first-order valence-electron chi connectivity index (χ1n) is 7.29. The monoisotopic (exact) mass is 243 g/mol. The van der Waals surface area contributed by atoms with Crippen LogP contribution in [0.3, 0.4) is 0 Å². The molecule has 1 saturated heterocycles.